The fourth-order valence-electron chi connectivity index (χ4n) is 1.03. The Kier molecular flexibility index (Phi) is 4.48. The second kappa shape index (κ2) is 5.65. The summed E-state index contributed by atoms with van der Waals surface area (Å²) < 4.78 is 0. The Hall–Kier alpha value is -1.17. The van der Waals surface area contributed by atoms with Crippen LogP contribution in [-0.2, 0) is 0 Å². The Balaban J connectivity index is 3.15. The summed E-state index contributed by atoms with van der Waals surface area (Å²) in [6, 6.07) is 4.66. The van der Waals surface area contributed by atoms with Crippen LogP contribution < -0.4 is 0 Å². The van der Waals surface area contributed by atoms with Crippen LogP contribution in [0.2, 0.25) is 5.02 Å². The Labute approximate surface area is 97.8 Å². The number of aromatic carboxylic acids is 1. The molecule has 0 radical (unpaired) electrons. The van der Waals surface area contributed by atoms with Crippen LogP contribution in [0.25, 0.3) is 0 Å². The lowest BCUT2D eigenvalue weighted by molar-refractivity contribution is 0.0696. The molecule has 15 heavy (non-hydrogen) atoms. The molecule has 0 aromatic heterocycles. The van der Waals surface area contributed by atoms with Gasteiger partial charge in [-0.1, -0.05) is 29.5 Å². The first-order valence-electron chi connectivity index (χ1n) is 4.23. The normalized spacial score (nSPS) is 9.20. The number of rotatable bonds is 2. The fraction of sp³-hybridized carbons (Fsp3) is 0.182. The highest BCUT2D eigenvalue weighted by Crippen LogP contribution is 2.18. The topological polar surface area (TPSA) is 37.3 Å². The number of carbonyl (C=O) groups is 1. The molecular weight excluding hydrogens is 235 g/mol. The predicted molar refractivity (Wildman–Crippen MR) is 60.6 cm³/mol. The molecular formula is C11H8Cl2O2. The monoisotopic (exact) mass is 242 g/mol. The second-order valence-corrected chi connectivity index (χ2v) is 3.49. The molecule has 0 bridgehead atoms. The van der Waals surface area contributed by atoms with Crippen molar-refractivity contribution >= 4 is 29.2 Å². The largest absolute Gasteiger partial charge is 0.478 e. The van der Waals surface area contributed by atoms with Crippen molar-refractivity contribution in [3.8, 4) is 11.8 Å². The molecule has 78 valence electrons. The minimum absolute atomic E-state index is 0.115. The van der Waals surface area contributed by atoms with E-state index in [0.717, 1.165) is 0 Å². The lowest BCUT2D eigenvalue weighted by Crippen LogP contribution is -2.00. The maximum absolute atomic E-state index is 10.9. The predicted octanol–water partition coefficient (Wildman–Crippen LogP) is 3.02. The van der Waals surface area contributed by atoms with E-state index < -0.39 is 5.97 Å². The van der Waals surface area contributed by atoms with Crippen molar-refractivity contribution in [2.45, 2.75) is 6.42 Å². The van der Waals surface area contributed by atoms with Gasteiger partial charge in [0.2, 0.25) is 0 Å². The minimum Gasteiger partial charge on any atom is -0.478 e. The van der Waals surface area contributed by atoms with E-state index in [4.69, 9.17) is 28.3 Å². The molecule has 0 saturated carbocycles. The van der Waals surface area contributed by atoms with Crippen molar-refractivity contribution in [1.82, 2.24) is 0 Å². The Morgan fingerprint density at radius 2 is 2.20 bits per heavy atom. The van der Waals surface area contributed by atoms with E-state index in [0.29, 0.717) is 22.9 Å². The van der Waals surface area contributed by atoms with E-state index in [1.54, 1.807) is 12.1 Å². The van der Waals surface area contributed by atoms with Gasteiger partial charge in [0, 0.05) is 12.3 Å². The first-order valence-corrected chi connectivity index (χ1v) is 5.14. The zero-order valence-corrected chi connectivity index (χ0v) is 9.27. The lowest BCUT2D eigenvalue weighted by atomic mass is 10.1. The van der Waals surface area contributed by atoms with Crippen LogP contribution in [0.5, 0.6) is 0 Å². The molecule has 0 aliphatic rings. The van der Waals surface area contributed by atoms with Crippen molar-refractivity contribution in [2.24, 2.45) is 0 Å². The molecule has 1 aromatic rings. The number of benzene rings is 1. The van der Waals surface area contributed by atoms with Crippen molar-refractivity contribution in [3.05, 3.63) is 34.3 Å². The summed E-state index contributed by atoms with van der Waals surface area (Å²) in [6.45, 7) is 0. The molecule has 0 heterocycles. The molecule has 0 spiro atoms. The van der Waals surface area contributed by atoms with Crippen LogP contribution in [-0.4, -0.2) is 17.0 Å². The van der Waals surface area contributed by atoms with E-state index >= 15 is 0 Å². The molecule has 0 saturated heterocycles. The van der Waals surface area contributed by atoms with Gasteiger partial charge in [0.05, 0.1) is 16.1 Å². The molecule has 0 fully saturated rings. The van der Waals surface area contributed by atoms with Gasteiger partial charge in [0.25, 0.3) is 0 Å². The van der Waals surface area contributed by atoms with E-state index in [1.165, 1.54) is 6.07 Å². The van der Waals surface area contributed by atoms with Gasteiger partial charge in [-0.15, -0.1) is 11.6 Å². The highest BCUT2D eigenvalue weighted by Gasteiger charge is 2.10. The molecule has 0 aliphatic carbocycles. The van der Waals surface area contributed by atoms with E-state index in [1.807, 2.05) is 0 Å². The smallest absolute Gasteiger partial charge is 0.337 e. The average Bonchev–Trinajstić information content (AvgIpc) is 2.20. The van der Waals surface area contributed by atoms with Crippen LogP contribution in [0, 0.1) is 11.8 Å². The van der Waals surface area contributed by atoms with Crippen molar-refractivity contribution in [1.29, 1.82) is 0 Å². The van der Waals surface area contributed by atoms with Crippen molar-refractivity contribution in [2.75, 3.05) is 5.88 Å². The number of carboxylic acid groups (broad SMARTS) is 1. The third-order valence-electron chi connectivity index (χ3n) is 1.68. The summed E-state index contributed by atoms with van der Waals surface area (Å²) >= 11 is 11.3. The molecule has 0 unspecified atom stereocenters. The molecule has 1 N–H and O–H groups in total. The highest BCUT2D eigenvalue weighted by atomic mass is 35.5. The fourth-order valence-corrected chi connectivity index (χ4v) is 1.34. The molecule has 0 aliphatic heterocycles. The molecule has 0 amide bonds. The number of hydrogen-bond acceptors (Lipinski definition) is 1. The second-order valence-electron chi connectivity index (χ2n) is 2.71. The standard InChI is InChI=1S/C11H8Cl2O2/c12-7-2-1-4-8-9(11(14)15)5-3-6-10(8)13/h3,5-6H,2,7H2,(H,14,15). The van der Waals surface area contributed by atoms with E-state index in [2.05, 4.69) is 11.8 Å². The molecule has 0 atom stereocenters. The number of halogens is 2. The summed E-state index contributed by atoms with van der Waals surface area (Å²) in [5, 5.41) is 9.24. The van der Waals surface area contributed by atoms with Crippen molar-refractivity contribution < 1.29 is 9.90 Å². The van der Waals surface area contributed by atoms with Gasteiger partial charge < -0.3 is 5.11 Å². The van der Waals surface area contributed by atoms with Crippen LogP contribution >= 0.6 is 23.2 Å². The minimum atomic E-state index is -1.03. The van der Waals surface area contributed by atoms with E-state index in [-0.39, 0.29) is 5.56 Å². The van der Waals surface area contributed by atoms with Crippen molar-refractivity contribution in [3.63, 3.8) is 0 Å². The first kappa shape index (κ1) is 11.9. The quantitative estimate of drug-likeness (QED) is 0.640. The number of alkyl halides is 1. The molecule has 2 nitrogen and oxygen atoms in total. The van der Waals surface area contributed by atoms with Gasteiger partial charge in [0.1, 0.15) is 0 Å². The zero-order valence-electron chi connectivity index (χ0n) is 7.76. The Bertz CT molecular complexity index is 430. The van der Waals surface area contributed by atoms with Crippen LogP contribution in [0.1, 0.15) is 22.3 Å². The SMILES string of the molecule is O=C(O)c1cccc(Cl)c1C#CCCCl. The van der Waals surface area contributed by atoms with Gasteiger partial charge in [-0.25, -0.2) is 4.79 Å². The van der Waals surface area contributed by atoms with Gasteiger partial charge in [-0.2, -0.15) is 0 Å². The highest BCUT2D eigenvalue weighted by molar-refractivity contribution is 6.32. The number of carboxylic acids is 1. The molecule has 1 rings (SSSR count). The van der Waals surface area contributed by atoms with Gasteiger partial charge in [-0.05, 0) is 12.1 Å². The summed E-state index contributed by atoms with van der Waals surface area (Å²) in [6.07, 6.45) is 0.506. The Morgan fingerprint density at radius 1 is 1.47 bits per heavy atom. The first-order chi connectivity index (χ1) is 7.16. The lowest BCUT2D eigenvalue weighted by Gasteiger charge is -2.00. The van der Waals surface area contributed by atoms with Crippen LogP contribution in [0.3, 0.4) is 0 Å². The van der Waals surface area contributed by atoms with Gasteiger partial charge in [-0.3, -0.25) is 0 Å². The summed E-state index contributed by atoms with van der Waals surface area (Å²) in [7, 11) is 0. The van der Waals surface area contributed by atoms with Crippen LogP contribution in [0.15, 0.2) is 18.2 Å². The maximum Gasteiger partial charge on any atom is 0.337 e. The summed E-state index contributed by atoms with van der Waals surface area (Å²) in [5.74, 6) is 4.86. The summed E-state index contributed by atoms with van der Waals surface area (Å²) in [4.78, 5) is 10.9. The average molecular weight is 243 g/mol. The van der Waals surface area contributed by atoms with Crippen LogP contribution in [0.4, 0.5) is 0 Å². The third-order valence-corrected chi connectivity index (χ3v) is 2.18. The molecule has 1 aromatic carbocycles. The van der Waals surface area contributed by atoms with Gasteiger partial charge >= 0.3 is 5.97 Å². The Morgan fingerprint density at radius 3 is 2.80 bits per heavy atom. The number of hydrogen-bond donors (Lipinski definition) is 1. The molecule has 4 heteroatoms. The van der Waals surface area contributed by atoms with Gasteiger partial charge in [0.15, 0.2) is 0 Å². The van der Waals surface area contributed by atoms with E-state index in [9.17, 15) is 4.79 Å². The maximum atomic E-state index is 10.9. The third kappa shape index (κ3) is 3.16. The zero-order chi connectivity index (χ0) is 11.3. The summed E-state index contributed by atoms with van der Waals surface area (Å²) in [5.41, 5.74) is 0.460.